The van der Waals surface area contributed by atoms with E-state index in [4.69, 9.17) is 0 Å². The zero-order valence-electron chi connectivity index (χ0n) is 17.5. The molecule has 2 aromatic heterocycles. The van der Waals surface area contributed by atoms with Gasteiger partial charge in [-0.25, -0.2) is 9.97 Å². The van der Waals surface area contributed by atoms with Crippen LogP contribution in [-0.2, 0) is 19.4 Å². The number of aromatic nitrogens is 3. The third-order valence-electron chi connectivity index (χ3n) is 5.71. The first-order chi connectivity index (χ1) is 14.6. The fourth-order valence-electron chi connectivity index (χ4n) is 4.04. The Bertz CT molecular complexity index is 1120. The van der Waals surface area contributed by atoms with Crippen molar-refractivity contribution in [2.24, 2.45) is 0 Å². The zero-order chi connectivity index (χ0) is 21.1. The van der Waals surface area contributed by atoms with Crippen molar-refractivity contribution < 1.29 is 4.79 Å². The van der Waals surface area contributed by atoms with Crippen LogP contribution in [0.5, 0.6) is 0 Å². The number of fused-ring (bicyclic) bond motifs is 1. The van der Waals surface area contributed by atoms with Gasteiger partial charge in [0.2, 0.25) is 0 Å². The highest BCUT2D eigenvalue weighted by Crippen LogP contribution is 2.22. The number of aromatic amines is 1. The summed E-state index contributed by atoms with van der Waals surface area (Å²) in [4.78, 5) is 39.7. The Morgan fingerprint density at radius 1 is 1.00 bits per heavy atom. The normalized spacial score (nSPS) is 14.9. The summed E-state index contributed by atoms with van der Waals surface area (Å²) in [5.41, 5.74) is 5.87. The van der Waals surface area contributed by atoms with Gasteiger partial charge < -0.3 is 9.88 Å². The van der Waals surface area contributed by atoms with Crippen LogP contribution in [0.3, 0.4) is 0 Å². The second-order valence-electron chi connectivity index (χ2n) is 7.65. The largest absolute Gasteiger partial charge is 0.367 e. The van der Waals surface area contributed by atoms with Crippen LogP contribution in [-0.4, -0.2) is 52.3 Å². The number of pyridine rings is 1. The zero-order valence-corrected chi connectivity index (χ0v) is 17.5. The summed E-state index contributed by atoms with van der Waals surface area (Å²) in [6.07, 6.45) is 2.24. The van der Waals surface area contributed by atoms with Crippen molar-refractivity contribution in [3.8, 4) is 0 Å². The molecule has 0 atom stereocenters. The van der Waals surface area contributed by atoms with Crippen LogP contribution in [0, 0.1) is 0 Å². The smallest absolute Gasteiger partial charge is 0.270 e. The van der Waals surface area contributed by atoms with Crippen LogP contribution in [0.15, 0.2) is 35.1 Å². The highest BCUT2D eigenvalue weighted by molar-refractivity contribution is 5.75. The Morgan fingerprint density at radius 3 is 2.47 bits per heavy atom. The van der Waals surface area contributed by atoms with E-state index in [0.29, 0.717) is 17.8 Å². The summed E-state index contributed by atoms with van der Waals surface area (Å²) < 4.78 is 0. The summed E-state index contributed by atoms with van der Waals surface area (Å²) in [6, 6.07) is 9.93. The van der Waals surface area contributed by atoms with Gasteiger partial charge in [0, 0.05) is 32.7 Å². The number of rotatable bonds is 6. The Kier molecular flexibility index (Phi) is 5.90. The summed E-state index contributed by atoms with van der Waals surface area (Å²) in [6.45, 7) is 8.57. The summed E-state index contributed by atoms with van der Waals surface area (Å²) in [5, 5.41) is 0. The molecule has 1 N–H and O–H groups in total. The average Bonchev–Trinajstić information content (AvgIpc) is 2.78. The highest BCUT2D eigenvalue weighted by Gasteiger charge is 2.20. The molecule has 1 aliphatic heterocycles. The van der Waals surface area contributed by atoms with Crippen molar-refractivity contribution in [3.05, 3.63) is 63.3 Å². The number of hydrogen-bond acceptors (Lipinski definition) is 6. The maximum atomic E-state index is 12.1. The first kappa shape index (κ1) is 20.2. The quantitative estimate of drug-likeness (QED) is 0.635. The molecule has 0 spiro atoms. The molecular weight excluding hydrogens is 378 g/mol. The molecule has 3 aromatic rings. The van der Waals surface area contributed by atoms with Gasteiger partial charge in [0.05, 0.1) is 22.4 Å². The predicted molar refractivity (Wildman–Crippen MR) is 118 cm³/mol. The Hall–Kier alpha value is -3.06. The Morgan fingerprint density at radius 2 is 1.77 bits per heavy atom. The number of carbonyl (C=O) groups is 1. The number of hydrogen-bond donors (Lipinski definition) is 1. The average molecular weight is 406 g/mol. The number of H-pyrrole nitrogens is 1. The number of nitrogens with one attached hydrogen (secondary N) is 1. The molecule has 0 saturated carbocycles. The SMILES string of the molecule is CCc1nc(C=O)ccc1N1CCN(Cc2ccc3nc(CC)c(=O)[nH]c3c2)CC1. The van der Waals surface area contributed by atoms with E-state index in [-0.39, 0.29) is 5.56 Å². The topological polar surface area (TPSA) is 82.2 Å². The molecular formula is C23H27N5O2. The van der Waals surface area contributed by atoms with Crippen molar-refractivity contribution in [2.45, 2.75) is 33.2 Å². The number of piperazine rings is 1. The van der Waals surface area contributed by atoms with Crippen LogP contribution in [0.25, 0.3) is 11.0 Å². The van der Waals surface area contributed by atoms with Crippen molar-refractivity contribution in [1.29, 1.82) is 0 Å². The maximum Gasteiger partial charge on any atom is 0.270 e. The van der Waals surface area contributed by atoms with Gasteiger partial charge in [0.25, 0.3) is 5.56 Å². The fourth-order valence-corrected chi connectivity index (χ4v) is 4.04. The third kappa shape index (κ3) is 4.11. The Labute approximate surface area is 175 Å². The van der Waals surface area contributed by atoms with Crippen molar-refractivity contribution in [3.63, 3.8) is 0 Å². The standard InChI is InChI=1S/C23H27N5O2/c1-3-18-22(8-6-17(15-29)24-18)28-11-9-27(10-12-28)14-16-5-7-20-21(13-16)26-23(30)19(4-2)25-20/h5-8,13,15H,3-4,9-12,14H2,1-2H3,(H,26,30). The summed E-state index contributed by atoms with van der Waals surface area (Å²) in [5.74, 6) is 0. The lowest BCUT2D eigenvalue weighted by molar-refractivity contribution is 0.111. The van der Waals surface area contributed by atoms with Crippen molar-refractivity contribution >= 4 is 23.0 Å². The van der Waals surface area contributed by atoms with Gasteiger partial charge in [-0.15, -0.1) is 0 Å². The lowest BCUT2D eigenvalue weighted by Crippen LogP contribution is -2.46. The van der Waals surface area contributed by atoms with Gasteiger partial charge in [0.15, 0.2) is 6.29 Å². The number of benzene rings is 1. The molecule has 1 aliphatic rings. The minimum absolute atomic E-state index is 0.100. The lowest BCUT2D eigenvalue weighted by Gasteiger charge is -2.36. The molecule has 3 heterocycles. The minimum atomic E-state index is -0.100. The predicted octanol–water partition coefficient (Wildman–Crippen LogP) is 2.58. The first-order valence-corrected chi connectivity index (χ1v) is 10.6. The maximum absolute atomic E-state index is 12.1. The van der Waals surface area contributed by atoms with Crippen molar-refractivity contribution in [1.82, 2.24) is 19.9 Å². The molecule has 0 bridgehead atoms. The summed E-state index contributed by atoms with van der Waals surface area (Å²) >= 11 is 0. The van der Waals surface area contributed by atoms with E-state index in [9.17, 15) is 9.59 Å². The molecule has 0 amide bonds. The first-order valence-electron chi connectivity index (χ1n) is 10.6. The van der Waals surface area contributed by atoms with E-state index < -0.39 is 0 Å². The second-order valence-corrected chi connectivity index (χ2v) is 7.65. The molecule has 1 aromatic carbocycles. The molecule has 30 heavy (non-hydrogen) atoms. The van der Waals surface area contributed by atoms with Crippen LogP contribution in [0.1, 0.15) is 41.3 Å². The van der Waals surface area contributed by atoms with Gasteiger partial charge in [-0.1, -0.05) is 19.9 Å². The number of aryl methyl sites for hydroxylation is 2. The van der Waals surface area contributed by atoms with E-state index in [1.807, 2.05) is 25.1 Å². The number of carbonyl (C=O) groups excluding carboxylic acids is 1. The minimum Gasteiger partial charge on any atom is -0.367 e. The van der Waals surface area contributed by atoms with Crippen LogP contribution >= 0.6 is 0 Å². The van der Waals surface area contributed by atoms with Gasteiger partial charge in [-0.2, -0.15) is 0 Å². The van der Waals surface area contributed by atoms with Crippen LogP contribution < -0.4 is 10.5 Å². The van der Waals surface area contributed by atoms with E-state index in [0.717, 1.165) is 67.8 Å². The molecule has 1 fully saturated rings. The van der Waals surface area contributed by atoms with Crippen LogP contribution in [0.2, 0.25) is 0 Å². The molecule has 1 saturated heterocycles. The molecule has 7 heteroatoms. The van der Waals surface area contributed by atoms with Gasteiger partial charge in [-0.05, 0) is 42.7 Å². The van der Waals surface area contributed by atoms with Gasteiger partial charge >= 0.3 is 0 Å². The Balaban J connectivity index is 1.44. The van der Waals surface area contributed by atoms with Crippen molar-refractivity contribution in [2.75, 3.05) is 31.1 Å². The van der Waals surface area contributed by atoms with E-state index in [2.05, 4.69) is 37.7 Å². The summed E-state index contributed by atoms with van der Waals surface area (Å²) in [7, 11) is 0. The number of aldehydes is 1. The molecule has 156 valence electrons. The third-order valence-corrected chi connectivity index (χ3v) is 5.71. The van der Waals surface area contributed by atoms with Crippen LogP contribution in [0.4, 0.5) is 5.69 Å². The highest BCUT2D eigenvalue weighted by atomic mass is 16.1. The number of nitrogens with zero attached hydrogens (tertiary/aromatic N) is 4. The van der Waals surface area contributed by atoms with E-state index in [1.165, 1.54) is 5.56 Å². The van der Waals surface area contributed by atoms with Gasteiger partial charge in [-0.3, -0.25) is 14.5 Å². The van der Waals surface area contributed by atoms with E-state index in [1.54, 1.807) is 6.07 Å². The molecule has 0 aliphatic carbocycles. The molecule has 7 nitrogen and oxygen atoms in total. The fraction of sp³-hybridized carbons (Fsp3) is 0.391. The monoisotopic (exact) mass is 405 g/mol. The molecule has 0 radical (unpaired) electrons. The van der Waals surface area contributed by atoms with Gasteiger partial charge in [0.1, 0.15) is 11.4 Å². The molecule has 0 unspecified atom stereocenters. The van der Waals surface area contributed by atoms with E-state index >= 15 is 0 Å². The number of anilines is 1. The second kappa shape index (κ2) is 8.75. The lowest BCUT2D eigenvalue weighted by atomic mass is 10.1. The molecule has 4 rings (SSSR count).